The van der Waals surface area contributed by atoms with Gasteiger partial charge in [-0.15, -0.1) is 0 Å². The second-order valence-electron chi connectivity index (χ2n) is 5.90. The van der Waals surface area contributed by atoms with E-state index in [0.29, 0.717) is 6.54 Å². The molecule has 3 rings (SSSR count). The normalized spacial score (nSPS) is 26.1. The van der Waals surface area contributed by atoms with Crippen LogP contribution in [0.2, 0.25) is 0 Å². The Bertz CT molecular complexity index is 398. The minimum Gasteiger partial charge on any atom is -0.468 e. The van der Waals surface area contributed by atoms with Gasteiger partial charge in [-0.05, 0) is 38.4 Å². The average molecular weight is 263 g/mol. The lowest BCUT2D eigenvalue weighted by Crippen LogP contribution is -2.40. The van der Waals surface area contributed by atoms with Crippen molar-refractivity contribution in [2.24, 2.45) is 5.73 Å². The molecule has 106 valence electrons. The van der Waals surface area contributed by atoms with Crippen molar-refractivity contribution in [2.75, 3.05) is 26.2 Å². The molecule has 3 heterocycles. The Labute approximate surface area is 115 Å². The van der Waals surface area contributed by atoms with Crippen LogP contribution in [-0.2, 0) is 13.1 Å². The quantitative estimate of drug-likeness (QED) is 0.900. The topological polar surface area (TPSA) is 45.6 Å². The van der Waals surface area contributed by atoms with E-state index < -0.39 is 0 Å². The number of rotatable bonds is 4. The van der Waals surface area contributed by atoms with Crippen LogP contribution in [0.5, 0.6) is 0 Å². The monoisotopic (exact) mass is 263 g/mol. The lowest BCUT2D eigenvalue weighted by atomic mass is 10.1. The van der Waals surface area contributed by atoms with Crippen molar-refractivity contribution in [3.8, 4) is 0 Å². The Morgan fingerprint density at radius 2 is 2.05 bits per heavy atom. The Morgan fingerprint density at radius 1 is 1.21 bits per heavy atom. The molecule has 1 aromatic heterocycles. The minimum absolute atomic E-state index is 0.569. The van der Waals surface area contributed by atoms with Gasteiger partial charge in [0.2, 0.25) is 0 Å². The molecule has 1 atom stereocenters. The van der Waals surface area contributed by atoms with Crippen molar-refractivity contribution in [2.45, 2.75) is 44.8 Å². The van der Waals surface area contributed by atoms with Crippen molar-refractivity contribution in [1.29, 1.82) is 0 Å². The number of piperidine rings is 1. The Morgan fingerprint density at radius 3 is 2.79 bits per heavy atom. The zero-order valence-electron chi connectivity index (χ0n) is 11.7. The maximum Gasteiger partial charge on any atom is 0.118 e. The Kier molecular flexibility index (Phi) is 4.21. The molecular weight excluding hydrogens is 238 g/mol. The highest BCUT2D eigenvalue weighted by Crippen LogP contribution is 2.22. The smallest absolute Gasteiger partial charge is 0.118 e. The third kappa shape index (κ3) is 3.19. The van der Waals surface area contributed by atoms with Gasteiger partial charge < -0.3 is 10.2 Å². The van der Waals surface area contributed by atoms with Crippen molar-refractivity contribution in [1.82, 2.24) is 9.80 Å². The molecule has 1 unspecified atom stereocenters. The summed E-state index contributed by atoms with van der Waals surface area (Å²) in [5.41, 5.74) is 6.71. The van der Waals surface area contributed by atoms with Gasteiger partial charge in [0.15, 0.2) is 0 Å². The van der Waals surface area contributed by atoms with Crippen LogP contribution in [-0.4, -0.2) is 42.0 Å². The van der Waals surface area contributed by atoms with Crippen LogP contribution in [0.4, 0.5) is 0 Å². The lowest BCUT2D eigenvalue weighted by molar-refractivity contribution is 0.159. The van der Waals surface area contributed by atoms with E-state index in [9.17, 15) is 0 Å². The molecule has 2 aliphatic heterocycles. The van der Waals surface area contributed by atoms with Crippen LogP contribution >= 0.6 is 0 Å². The molecule has 0 amide bonds. The van der Waals surface area contributed by atoms with Gasteiger partial charge in [0.05, 0.1) is 12.8 Å². The molecule has 4 nitrogen and oxygen atoms in total. The van der Waals surface area contributed by atoms with Gasteiger partial charge in [0.25, 0.3) is 0 Å². The van der Waals surface area contributed by atoms with E-state index in [4.69, 9.17) is 10.2 Å². The maximum atomic E-state index is 5.61. The summed E-state index contributed by atoms with van der Waals surface area (Å²) in [7, 11) is 0. The van der Waals surface area contributed by atoms with Crippen molar-refractivity contribution in [3.05, 3.63) is 23.7 Å². The number of nitrogens with zero attached hydrogens (tertiary/aromatic N) is 2. The highest BCUT2D eigenvalue weighted by molar-refractivity contribution is 5.12. The third-order valence-corrected chi connectivity index (χ3v) is 4.48. The SMILES string of the molecule is NCc1coc(CN2CCC(N3CCCCC3)C2)c1. The van der Waals surface area contributed by atoms with Gasteiger partial charge >= 0.3 is 0 Å². The lowest BCUT2D eigenvalue weighted by Gasteiger charge is -2.32. The number of hydrogen-bond donors (Lipinski definition) is 1. The van der Waals surface area contributed by atoms with Gasteiger partial charge in [0.1, 0.15) is 5.76 Å². The van der Waals surface area contributed by atoms with E-state index in [2.05, 4.69) is 15.9 Å². The fourth-order valence-corrected chi connectivity index (χ4v) is 3.37. The van der Waals surface area contributed by atoms with E-state index in [0.717, 1.165) is 23.9 Å². The van der Waals surface area contributed by atoms with E-state index >= 15 is 0 Å². The largest absolute Gasteiger partial charge is 0.468 e. The van der Waals surface area contributed by atoms with Crippen LogP contribution in [0.15, 0.2) is 16.7 Å². The van der Waals surface area contributed by atoms with E-state index in [1.165, 1.54) is 51.9 Å². The molecular formula is C15H25N3O. The fraction of sp³-hybridized carbons (Fsp3) is 0.733. The molecule has 0 saturated carbocycles. The third-order valence-electron chi connectivity index (χ3n) is 4.48. The van der Waals surface area contributed by atoms with Crippen molar-refractivity contribution >= 4 is 0 Å². The number of nitrogens with two attached hydrogens (primary N) is 1. The first-order valence-corrected chi connectivity index (χ1v) is 7.58. The number of furan rings is 1. The van der Waals surface area contributed by atoms with Crippen LogP contribution in [0.1, 0.15) is 37.0 Å². The molecule has 0 bridgehead atoms. The molecule has 0 radical (unpaired) electrons. The first-order chi connectivity index (χ1) is 9.35. The average Bonchev–Trinajstić information content (AvgIpc) is 3.09. The molecule has 1 aromatic rings. The van der Waals surface area contributed by atoms with E-state index in [1.807, 2.05) is 0 Å². The predicted molar refractivity (Wildman–Crippen MR) is 75.7 cm³/mol. The number of hydrogen-bond acceptors (Lipinski definition) is 4. The number of likely N-dealkylation sites (tertiary alicyclic amines) is 2. The molecule has 0 aromatic carbocycles. The molecule has 2 N–H and O–H groups in total. The minimum atomic E-state index is 0.569. The molecule has 2 saturated heterocycles. The Balaban J connectivity index is 1.51. The highest BCUT2D eigenvalue weighted by Gasteiger charge is 2.28. The van der Waals surface area contributed by atoms with Gasteiger partial charge in [-0.25, -0.2) is 0 Å². The summed E-state index contributed by atoms with van der Waals surface area (Å²) in [4.78, 5) is 5.20. The molecule has 0 spiro atoms. The molecule has 2 fully saturated rings. The fourth-order valence-electron chi connectivity index (χ4n) is 3.37. The maximum absolute atomic E-state index is 5.61. The summed E-state index contributed by atoms with van der Waals surface area (Å²) in [6.07, 6.45) is 7.28. The summed E-state index contributed by atoms with van der Waals surface area (Å²) >= 11 is 0. The van der Waals surface area contributed by atoms with Gasteiger partial charge in [-0.2, -0.15) is 0 Å². The standard InChI is InChI=1S/C15H25N3O/c16-9-13-8-15(19-12-13)11-17-7-4-14(10-17)18-5-2-1-3-6-18/h8,12,14H,1-7,9-11,16H2. The zero-order valence-corrected chi connectivity index (χ0v) is 11.7. The van der Waals surface area contributed by atoms with Crippen LogP contribution in [0.3, 0.4) is 0 Å². The highest BCUT2D eigenvalue weighted by atomic mass is 16.3. The molecule has 4 heteroatoms. The van der Waals surface area contributed by atoms with Gasteiger partial charge in [-0.1, -0.05) is 6.42 Å². The first kappa shape index (κ1) is 13.2. The second-order valence-corrected chi connectivity index (χ2v) is 5.90. The van der Waals surface area contributed by atoms with Crippen molar-refractivity contribution in [3.63, 3.8) is 0 Å². The second kappa shape index (κ2) is 6.07. The summed E-state index contributed by atoms with van der Waals surface area (Å²) in [5, 5.41) is 0. The molecule has 2 aliphatic rings. The van der Waals surface area contributed by atoms with Gasteiger partial charge in [-0.3, -0.25) is 9.80 Å². The summed E-state index contributed by atoms with van der Waals surface area (Å²) in [6.45, 7) is 6.50. The summed E-state index contributed by atoms with van der Waals surface area (Å²) in [6, 6.07) is 2.86. The summed E-state index contributed by atoms with van der Waals surface area (Å²) < 4.78 is 5.56. The van der Waals surface area contributed by atoms with Crippen molar-refractivity contribution < 1.29 is 4.42 Å². The zero-order chi connectivity index (χ0) is 13.1. The van der Waals surface area contributed by atoms with Crippen LogP contribution < -0.4 is 5.73 Å². The molecule has 0 aliphatic carbocycles. The Hall–Kier alpha value is -0.840. The predicted octanol–water partition coefficient (Wildman–Crippen LogP) is 1.80. The van der Waals surface area contributed by atoms with E-state index in [1.54, 1.807) is 6.26 Å². The molecule has 19 heavy (non-hydrogen) atoms. The summed E-state index contributed by atoms with van der Waals surface area (Å²) in [5.74, 6) is 1.06. The van der Waals surface area contributed by atoms with E-state index in [-0.39, 0.29) is 0 Å². The first-order valence-electron chi connectivity index (χ1n) is 7.58. The van der Waals surface area contributed by atoms with Crippen LogP contribution in [0, 0.1) is 0 Å². The van der Waals surface area contributed by atoms with Gasteiger partial charge in [0, 0.05) is 31.2 Å². The van der Waals surface area contributed by atoms with Crippen LogP contribution in [0.25, 0.3) is 0 Å².